The maximum atomic E-state index is 11.7. The van der Waals surface area contributed by atoms with Crippen LogP contribution < -0.4 is 10.2 Å². The van der Waals surface area contributed by atoms with E-state index in [2.05, 4.69) is 16.9 Å². The number of aromatic nitrogens is 1. The molecule has 0 bridgehead atoms. The van der Waals surface area contributed by atoms with Crippen molar-refractivity contribution in [3.63, 3.8) is 0 Å². The van der Waals surface area contributed by atoms with Crippen LogP contribution in [0.15, 0.2) is 49.2 Å². The molecule has 5 heteroatoms. The Hall–Kier alpha value is -2.95. The number of carbonyl (C=O) groups is 2. The molecule has 0 fully saturated rings. The number of likely N-dealkylation sites (N-methyl/N-ethyl adjacent to an activating group) is 1. The quantitative estimate of drug-likeness (QED) is 0.884. The molecule has 1 N–H and O–H groups in total. The van der Waals surface area contributed by atoms with Crippen LogP contribution in [-0.4, -0.2) is 23.8 Å². The lowest BCUT2D eigenvalue weighted by Crippen LogP contribution is -2.21. The van der Waals surface area contributed by atoms with Gasteiger partial charge < -0.3 is 5.32 Å². The number of nitrogens with zero attached hydrogens (tertiary/aromatic N) is 2. The molecule has 3 rings (SSSR count). The lowest BCUT2D eigenvalue weighted by Gasteiger charge is -2.10. The Morgan fingerprint density at radius 3 is 2.95 bits per heavy atom. The van der Waals surface area contributed by atoms with Crippen molar-refractivity contribution in [3.8, 4) is 11.1 Å². The van der Waals surface area contributed by atoms with Crippen LogP contribution in [0.3, 0.4) is 0 Å². The summed E-state index contributed by atoms with van der Waals surface area (Å²) in [6, 6.07) is 9.44. The minimum atomic E-state index is -0.253. The van der Waals surface area contributed by atoms with Gasteiger partial charge in [-0.15, -0.1) is 0 Å². The smallest absolute Gasteiger partial charge is 0.247 e. The summed E-state index contributed by atoms with van der Waals surface area (Å²) in [5.74, 6) is 0.507. The molecule has 110 valence electrons. The fraction of sp³-hybridized carbons (Fsp3) is 0.118. The summed E-state index contributed by atoms with van der Waals surface area (Å²) in [6.07, 6.45) is 3.34. The van der Waals surface area contributed by atoms with Crippen LogP contribution in [0.2, 0.25) is 0 Å². The second-order valence-electron chi connectivity index (χ2n) is 5.11. The van der Waals surface area contributed by atoms with Crippen molar-refractivity contribution in [3.05, 3.63) is 54.7 Å². The molecule has 0 saturated carbocycles. The first-order valence-electron chi connectivity index (χ1n) is 6.88. The Balaban J connectivity index is 1.94. The minimum Gasteiger partial charge on any atom is -0.323 e. The SMILES string of the molecule is C=CC(=O)Nc1cccc(-c2cnc3c(c2)CC(=O)N3C)c1. The zero-order chi connectivity index (χ0) is 15.7. The summed E-state index contributed by atoms with van der Waals surface area (Å²) < 4.78 is 0. The van der Waals surface area contributed by atoms with E-state index in [0.29, 0.717) is 17.9 Å². The Morgan fingerprint density at radius 1 is 1.36 bits per heavy atom. The molecule has 0 spiro atoms. The minimum absolute atomic E-state index is 0.0478. The van der Waals surface area contributed by atoms with E-state index in [9.17, 15) is 9.59 Å². The third kappa shape index (κ3) is 2.48. The zero-order valence-corrected chi connectivity index (χ0v) is 12.2. The van der Waals surface area contributed by atoms with Crippen molar-refractivity contribution in [2.45, 2.75) is 6.42 Å². The van der Waals surface area contributed by atoms with Crippen molar-refractivity contribution in [2.24, 2.45) is 0 Å². The number of pyridine rings is 1. The number of benzene rings is 1. The van der Waals surface area contributed by atoms with E-state index in [-0.39, 0.29) is 11.8 Å². The fourth-order valence-corrected chi connectivity index (χ4v) is 2.46. The molecule has 1 aromatic heterocycles. The van der Waals surface area contributed by atoms with Crippen LogP contribution in [0.1, 0.15) is 5.56 Å². The number of nitrogens with one attached hydrogen (secondary N) is 1. The summed E-state index contributed by atoms with van der Waals surface area (Å²) in [5.41, 5.74) is 3.46. The van der Waals surface area contributed by atoms with Crippen LogP contribution in [0.4, 0.5) is 11.5 Å². The molecule has 1 aliphatic heterocycles. The van der Waals surface area contributed by atoms with Gasteiger partial charge in [0.25, 0.3) is 0 Å². The Labute approximate surface area is 128 Å². The highest BCUT2D eigenvalue weighted by molar-refractivity contribution is 6.00. The highest BCUT2D eigenvalue weighted by Crippen LogP contribution is 2.30. The molecule has 0 saturated heterocycles. The van der Waals surface area contributed by atoms with Crippen LogP contribution in [-0.2, 0) is 16.0 Å². The van der Waals surface area contributed by atoms with Gasteiger partial charge in [0.1, 0.15) is 5.82 Å². The number of anilines is 2. The molecule has 1 aliphatic rings. The second-order valence-corrected chi connectivity index (χ2v) is 5.11. The molecule has 0 aliphatic carbocycles. The Morgan fingerprint density at radius 2 is 2.18 bits per heavy atom. The van der Waals surface area contributed by atoms with E-state index in [1.54, 1.807) is 18.1 Å². The van der Waals surface area contributed by atoms with Gasteiger partial charge in [-0.1, -0.05) is 18.7 Å². The molecule has 2 amide bonds. The number of rotatable bonds is 3. The van der Waals surface area contributed by atoms with Gasteiger partial charge in [0, 0.05) is 30.1 Å². The van der Waals surface area contributed by atoms with Gasteiger partial charge in [-0.25, -0.2) is 4.98 Å². The summed E-state index contributed by atoms with van der Waals surface area (Å²) in [5, 5.41) is 2.73. The molecule has 2 heterocycles. The zero-order valence-electron chi connectivity index (χ0n) is 12.2. The average molecular weight is 293 g/mol. The maximum absolute atomic E-state index is 11.7. The van der Waals surface area contributed by atoms with Crippen molar-refractivity contribution < 1.29 is 9.59 Å². The van der Waals surface area contributed by atoms with E-state index >= 15 is 0 Å². The largest absolute Gasteiger partial charge is 0.323 e. The van der Waals surface area contributed by atoms with E-state index in [1.807, 2.05) is 30.3 Å². The topological polar surface area (TPSA) is 62.3 Å². The van der Waals surface area contributed by atoms with Crippen LogP contribution in [0.5, 0.6) is 0 Å². The van der Waals surface area contributed by atoms with Crippen molar-refractivity contribution in [1.29, 1.82) is 0 Å². The van der Waals surface area contributed by atoms with Crippen molar-refractivity contribution in [1.82, 2.24) is 4.98 Å². The fourth-order valence-electron chi connectivity index (χ4n) is 2.46. The van der Waals surface area contributed by atoms with Gasteiger partial charge in [0.05, 0.1) is 6.42 Å². The van der Waals surface area contributed by atoms with Crippen LogP contribution in [0.25, 0.3) is 11.1 Å². The summed E-state index contributed by atoms with van der Waals surface area (Å²) in [7, 11) is 1.73. The number of amides is 2. The first kappa shape index (κ1) is 14.0. The van der Waals surface area contributed by atoms with E-state index < -0.39 is 0 Å². The highest BCUT2D eigenvalue weighted by atomic mass is 16.2. The second kappa shape index (κ2) is 5.44. The first-order chi connectivity index (χ1) is 10.6. The summed E-state index contributed by atoms with van der Waals surface area (Å²) >= 11 is 0. The van der Waals surface area contributed by atoms with Gasteiger partial charge in [0.2, 0.25) is 11.8 Å². The van der Waals surface area contributed by atoms with Crippen molar-refractivity contribution >= 4 is 23.3 Å². The lowest BCUT2D eigenvalue weighted by atomic mass is 10.0. The molecule has 5 nitrogen and oxygen atoms in total. The lowest BCUT2D eigenvalue weighted by molar-refractivity contribution is -0.117. The predicted octanol–water partition coefficient (Wildman–Crippen LogP) is 2.39. The predicted molar refractivity (Wildman–Crippen MR) is 85.6 cm³/mol. The van der Waals surface area contributed by atoms with E-state index in [1.165, 1.54) is 6.08 Å². The number of hydrogen-bond donors (Lipinski definition) is 1. The standard InChI is InChI=1S/C17H15N3O2/c1-3-15(21)19-14-6-4-5-11(8-14)13-7-12-9-16(22)20(2)17(12)18-10-13/h3-8,10H,1,9H2,2H3,(H,19,21). The summed E-state index contributed by atoms with van der Waals surface area (Å²) in [4.78, 5) is 29.0. The molecule has 0 radical (unpaired) electrons. The molecular formula is C17H15N3O2. The average Bonchev–Trinajstić information content (AvgIpc) is 2.81. The highest BCUT2D eigenvalue weighted by Gasteiger charge is 2.25. The number of carbonyl (C=O) groups excluding carboxylic acids is 2. The Bertz CT molecular complexity index is 783. The third-order valence-electron chi connectivity index (χ3n) is 3.63. The van der Waals surface area contributed by atoms with E-state index in [0.717, 1.165) is 16.7 Å². The molecule has 0 unspecified atom stereocenters. The normalized spacial score (nSPS) is 13.0. The molecule has 2 aromatic rings. The third-order valence-corrected chi connectivity index (χ3v) is 3.63. The van der Waals surface area contributed by atoms with Gasteiger partial charge in [-0.3, -0.25) is 14.5 Å². The van der Waals surface area contributed by atoms with Crippen LogP contribution in [0, 0.1) is 0 Å². The van der Waals surface area contributed by atoms with E-state index in [4.69, 9.17) is 0 Å². The van der Waals surface area contributed by atoms with Gasteiger partial charge in [-0.05, 0) is 29.8 Å². The first-order valence-corrected chi connectivity index (χ1v) is 6.88. The monoisotopic (exact) mass is 293 g/mol. The molecule has 1 aromatic carbocycles. The molecule has 0 atom stereocenters. The van der Waals surface area contributed by atoms with Gasteiger partial charge in [0.15, 0.2) is 0 Å². The Kier molecular flexibility index (Phi) is 3.47. The maximum Gasteiger partial charge on any atom is 0.247 e. The molecule has 22 heavy (non-hydrogen) atoms. The van der Waals surface area contributed by atoms with Gasteiger partial charge >= 0.3 is 0 Å². The molecular weight excluding hydrogens is 278 g/mol. The van der Waals surface area contributed by atoms with Gasteiger partial charge in [-0.2, -0.15) is 0 Å². The van der Waals surface area contributed by atoms with Crippen LogP contribution >= 0.6 is 0 Å². The summed E-state index contributed by atoms with van der Waals surface area (Å²) in [6.45, 7) is 3.43. The van der Waals surface area contributed by atoms with Crippen molar-refractivity contribution in [2.75, 3.05) is 17.3 Å². The number of hydrogen-bond acceptors (Lipinski definition) is 3. The number of fused-ring (bicyclic) bond motifs is 1.